The minimum Gasteiger partial charge on any atom is -0.399 e. The Morgan fingerprint density at radius 3 is 1.69 bits per heavy atom. The topological polar surface area (TPSA) is 204 Å². The summed E-state index contributed by atoms with van der Waals surface area (Å²) < 4.78 is 144. The van der Waals surface area contributed by atoms with Crippen LogP contribution < -0.4 is 20.8 Å². The average Bonchev–Trinajstić information content (AvgIpc) is 3.27. The van der Waals surface area contributed by atoms with Gasteiger partial charge in [-0.25, -0.2) is 45.4 Å². The van der Waals surface area contributed by atoms with E-state index >= 15 is 0 Å². The summed E-state index contributed by atoms with van der Waals surface area (Å²) in [4.78, 5) is 21.4. The molecule has 0 saturated carbocycles. The normalized spacial score (nSPS) is 12.7. The van der Waals surface area contributed by atoms with Crippen molar-refractivity contribution in [2.45, 2.75) is 22.3 Å². The Morgan fingerprint density at radius 1 is 0.597 bits per heavy atom. The molecular formula is C44H35F6N10O5S2+. The minimum absolute atomic E-state index is 0.0891. The number of sulfonamides is 2. The predicted molar refractivity (Wildman–Crippen MR) is 236 cm³/mol. The molecule has 0 amide bonds. The second kappa shape index (κ2) is 16.8. The second-order valence-corrected chi connectivity index (χ2v) is 19.4. The summed E-state index contributed by atoms with van der Waals surface area (Å²) in [6.07, 6.45) is -4.40. The first kappa shape index (κ1) is 46.2. The number of anilines is 2. The number of pyridine rings is 6. The smallest absolute Gasteiger partial charge is 0.399 e. The van der Waals surface area contributed by atoms with Crippen LogP contribution in [0.1, 0.15) is 5.56 Å². The van der Waals surface area contributed by atoms with Gasteiger partial charge in [-0.2, -0.15) is 17.7 Å². The Balaban J connectivity index is 1.30. The molecule has 0 aliphatic heterocycles. The number of hydrogen-bond acceptors (Lipinski definition) is 12. The van der Waals surface area contributed by atoms with Crippen LogP contribution in [0.15, 0.2) is 126 Å². The highest BCUT2D eigenvalue weighted by atomic mass is 32.2. The van der Waals surface area contributed by atoms with Gasteiger partial charge in [0.25, 0.3) is 5.69 Å². The third-order valence-corrected chi connectivity index (χ3v) is 14.2. The van der Waals surface area contributed by atoms with Crippen molar-refractivity contribution in [3.05, 3.63) is 121 Å². The molecule has 67 heavy (non-hydrogen) atoms. The van der Waals surface area contributed by atoms with E-state index in [1.807, 2.05) is 0 Å². The van der Waals surface area contributed by atoms with E-state index in [9.17, 15) is 43.2 Å². The molecule has 15 nitrogen and oxygen atoms in total. The van der Waals surface area contributed by atoms with Crippen molar-refractivity contribution in [3.8, 4) is 56.2 Å². The van der Waals surface area contributed by atoms with Gasteiger partial charge in [0.05, 0.1) is 28.0 Å². The number of halogens is 6. The lowest BCUT2D eigenvalue weighted by Gasteiger charge is -2.15. The number of nitrogens with two attached hydrogens (primary N) is 2. The fraction of sp³-hybridized carbons (Fsp3) is 0.136. The molecule has 8 aromatic rings. The van der Waals surface area contributed by atoms with Gasteiger partial charge < -0.3 is 16.2 Å². The molecule has 344 valence electrons. The summed E-state index contributed by atoms with van der Waals surface area (Å²) >= 11 is 0. The van der Waals surface area contributed by atoms with Crippen molar-refractivity contribution in [1.29, 1.82) is 0 Å². The fourth-order valence-electron chi connectivity index (χ4n) is 7.10. The summed E-state index contributed by atoms with van der Waals surface area (Å²) in [7, 11) is -2.82. The molecule has 23 heteroatoms. The molecule has 0 unspecified atom stereocenters. The van der Waals surface area contributed by atoms with Crippen molar-refractivity contribution in [3.63, 3.8) is 0 Å². The first-order chi connectivity index (χ1) is 31.4. The van der Waals surface area contributed by atoms with Crippen molar-refractivity contribution < 1.29 is 52.5 Å². The number of aromatic nitrogens is 6. The number of nitrogens with zero attached hydrogens (tertiary/aromatic N) is 8. The molecular weight excluding hydrogens is 927 g/mol. The highest BCUT2D eigenvalue weighted by Gasteiger charge is 2.36. The number of nitrogen functional groups attached to an aromatic ring is 2. The van der Waals surface area contributed by atoms with Crippen molar-refractivity contribution >= 4 is 53.7 Å². The Labute approximate surface area is 378 Å². The van der Waals surface area contributed by atoms with Crippen molar-refractivity contribution in [1.82, 2.24) is 33.5 Å². The van der Waals surface area contributed by atoms with E-state index in [0.717, 1.165) is 26.8 Å². The number of ether oxygens (including phenoxy) is 1. The van der Waals surface area contributed by atoms with Gasteiger partial charge >= 0.3 is 12.5 Å². The molecule has 4 N–H and O–H groups in total. The van der Waals surface area contributed by atoms with Gasteiger partial charge in [-0.1, -0.05) is 12.1 Å². The largest absolute Gasteiger partial charge is 0.573 e. The van der Waals surface area contributed by atoms with E-state index in [-0.39, 0.29) is 82.9 Å². The number of benzene rings is 2. The van der Waals surface area contributed by atoms with Crippen LogP contribution in [0.4, 0.5) is 38.0 Å². The van der Waals surface area contributed by atoms with Gasteiger partial charge in [0.15, 0.2) is 6.20 Å². The third-order valence-electron chi connectivity index (χ3n) is 10.5. The zero-order valence-corrected chi connectivity index (χ0v) is 37.0. The lowest BCUT2D eigenvalue weighted by Crippen LogP contribution is -2.33. The highest BCUT2D eigenvalue weighted by molar-refractivity contribution is 7.89. The molecule has 0 aliphatic carbocycles. The molecule has 6 heterocycles. The number of rotatable bonds is 10. The standard InChI is InChI=1S/C44H35F6N10O5S2/c1-58(2)66(61,62)37-20-26(22-54-41(37)51)31-10-11-33-39(56-31)29(15-17-53-33)25-7-13-34(36(19-25)65-44(48,49)50)60-18-16-30(24-5-8-28(9-6-24)43(45,46)47)40-35(60)14-12-32(57-40)27-21-38(42(52)55-23-27)67(63,64)59(3)4/h5-23H,1-4H3,(H2,51,54)(H2,52,55)/q+1. The molecule has 0 bridgehead atoms. The van der Waals surface area contributed by atoms with E-state index in [0.29, 0.717) is 11.1 Å². The van der Waals surface area contributed by atoms with E-state index < -0.39 is 43.9 Å². The van der Waals surface area contributed by atoms with E-state index in [1.54, 1.807) is 12.1 Å². The monoisotopic (exact) mass is 961 g/mol. The lowest BCUT2D eigenvalue weighted by atomic mass is 10.0. The Morgan fingerprint density at radius 2 is 1.13 bits per heavy atom. The van der Waals surface area contributed by atoms with E-state index in [1.165, 1.54) is 118 Å². The van der Waals surface area contributed by atoms with Crippen LogP contribution >= 0.6 is 0 Å². The van der Waals surface area contributed by atoms with Crippen LogP contribution in [0.25, 0.3) is 72.5 Å². The number of alkyl halides is 6. The Hall–Kier alpha value is -7.34. The average molecular weight is 962 g/mol. The van der Waals surface area contributed by atoms with Gasteiger partial charge in [-0.3, -0.25) is 4.98 Å². The highest BCUT2D eigenvalue weighted by Crippen LogP contribution is 2.38. The molecule has 0 fully saturated rings. The summed E-state index contributed by atoms with van der Waals surface area (Å²) in [5, 5.41) is 0. The Bertz CT molecular complexity index is 3500. The van der Waals surface area contributed by atoms with Crippen LogP contribution in [0, 0.1) is 0 Å². The van der Waals surface area contributed by atoms with Gasteiger partial charge in [0.1, 0.15) is 26.9 Å². The minimum atomic E-state index is -5.21. The maximum Gasteiger partial charge on any atom is 0.573 e. The summed E-state index contributed by atoms with van der Waals surface area (Å²) in [5.74, 6) is -1.20. The van der Waals surface area contributed by atoms with E-state index in [4.69, 9.17) is 21.4 Å². The molecule has 0 radical (unpaired) electrons. The van der Waals surface area contributed by atoms with Gasteiger partial charge in [-0.05, 0) is 71.8 Å². The lowest BCUT2D eigenvalue weighted by molar-refractivity contribution is -0.568. The van der Waals surface area contributed by atoms with Gasteiger partial charge in [0, 0.05) is 87.2 Å². The third kappa shape index (κ3) is 8.88. The molecule has 8 rings (SSSR count). The molecule has 0 aliphatic rings. The summed E-state index contributed by atoms with van der Waals surface area (Å²) in [6, 6.07) is 19.9. The first-order valence-electron chi connectivity index (χ1n) is 19.5. The quantitative estimate of drug-likeness (QED) is 0.101. The predicted octanol–water partition coefficient (Wildman–Crippen LogP) is 7.50. The maximum absolute atomic E-state index is 14.3. The van der Waals surface area contributed by atoms with Crippen molar-refractivity contribution in [2.75, 3.05) is 39.7 Å². The van der Waals surface area contributed by atoms with Gasteiger partial charge in [0.2, 0.25) is 31.3 Å². The second-order valence-electron chi connectivity index (χ2n) is 15.2. The molecule has 0 spiro atoms. The summed E-state index contributed by atoms with van der Waals surface area (Å²) in [5.41, 5.74) is 13.6. The number of fused-ring (bicyclic) bond motifs is 2. The zero-order valence-electron chi connectivity index (χ0n) is 35.3. The maximum atomic E-state index is 14.3. The van der Waals surface area contributed by atoms with Crippen LogP contribution in [-0.4, -0.2) is 84.9 Å². The van der Waals surface area contributed by atoms with Crippen LogP contribution in [0.5, 0.6) is 5.75 Å². The van der Waals surface area contributed by atoms with Crippen LogP contribution in [0.3, 0.4) is 0 Å². The van der Waals surface area contributed by atoms with Gasteiger partial charge in [-0.15, -0.1) is 13.2 Å². The van der Waals surface area contributed by atoms with Crippen molar-refractivity contribution in [2.24, 2.45) is 0 Å². The fourth-order valence-corrected chi connectivity index (χ4v) is 9.07. The Kier molecular flexibility index (Phi) is 11.6. The molecule has 6 aromatic heterocycles. The molecule has 2 aromatic carbocycles. The molecule has 0 atom stereocenters. The first-order valence-corrected chi connectivity index (χ1v) is 22.4. The van der Waals surface area contributed by atoms with E-state index in [2.05, 4.69) is 19.7 Å². The zero-order chi connectivity index (χ0) is 48.4. The van der Waals surface area contributed by atoms with Crippen LogP contribution in [-0.2, 0) is 26.2 Å². The summed E-state index contributed by atoms with van der Waals surface area (Å²) in [6.45, 7) is 0. The SMILES string of the molecule is CN(C)S(=O)(=O)c1cc(-c2ccc3nccc(-c4ccc(-[n+]5ccc(-c6ccc(C(F)(F)F)cc6)c6nc(-c7cnc(N)c(S(=O)(=O)N(C)C)c7)ccc65)c(OC(F)(F)F)c4)c3n2)cnc1N. The van der Waals surface area contributed by atoms with Crippen LogP contribution in [0.2, 0.25) is 0 Å². The number of hydrogen-bond donors (Lipinski definition) is 2. The molecule has 0 saturated heterocycles.